The number of esters is 1. The second kappa shape index (κ2) is 13.3. The molecule has 0 aliphatic carbocycles. The molecule has 0 saturated carbocycles. The lowest BCUT2D eigenvalue weighted by molar-refractivity contribution is -0.140. The lowest BCUT2D eigenvalue weighted by Crippen LogP contribution is -2.17. The summed E-state index contributed by atoms with van der Waals surface area (Å²) in [6, 6.07) is 0. The summed E-state index contributed by atoms with van der Waals surface area (Å²) in [6.07, 6.45) is 18.1. The van der Waals surface area contributed by atoms with E-state index in [1.54, 1.807) is 0 Å². The van der Waals surface area contributed by atoms with Gasteiger partial charge in [0.15, 0.2) is 0 Å². The summed E-state index contributed by atoms with van der Waals surface area (Å²) in [5.41, 5.74) is 0. The molecule has 0 aromatic carbocycles. The number of carbonyl (C=O) groups excluding carboxylic acids is 1. The third-order valence-electron chi connectivity index (χ3n) is 4.70. The van der Waals surface area contributed by atoms with Gasteiger partial charge in [-0.3, -0.25) is 4.79 Å². The van der Waals surface area contributed by atoms with Crippen LogP contribution in [0.25, 0.3) is 0 Å². The Kier molecular flexibility index (Phi) is 12.0. The number of ether oxygens (including phenoxy) is 1. The summed E-state index contributed by atoms with van der Waals surface area (Å²) in [6.45, 7) is 2.29. The highest BCUT2D eigenvalue weighted by Gasteiger charge is 2.21. The Hall–Kier alpha value is -0.180. The van der Waals surface area contributed by atoms with Crippen LogP contribution in [0.4, 0.5) is 0 Å². The van der Waals surface area contributed by atoms with Crippen molar-refractivity contribution in [1.82, 2.24) is 0 Å². The number of carbonyl (C=O) groups is 1. The Morgan fingerprint density at radius 2 is 1.55 bits per heavy atom. The molecule has 0 aromatic heterocycles. The van der Waals surface area contributed by atoms with Gasteiger partial charge in [0.2, 0.25) is 0 Å². The van der Waals surface area contributed by atoms with E-state index in [4.69, 9.17) is 0 Å². The molecule has 1 rings (SSSR count). The van der Waals surface area contributed by atoms with Crippen LogP contribution in [0.2, 0.25) is 0 Å². The molecule has 1 aliphatic rings. The maximum Gasteiger partial charge on any atom is 0.305 e. The van der Waals surface area contributed by atoms with Crippen molar-refractivity contribution in [3.63, 3.8) is 0 Å². The fraction of sp³-hybridized carbons (Fsp3) is 0.947. The first kappa shape index (κ1) is 19.9. The van der Waals surface area contributed by atoms with E-state index in [0.717, 1.165) is 16.9 Å². The molecule has 0 spiro atoms. The molecule has 3 heteroatoms. The van der Waals surface area contributed by atoms with Crippen LogP contribution >= 0.6 is 11.8 Å². The molecule has 2 atom stereocenters. The van der Waals surface area contributed by atoms with Gasteiger partial charge in [0.25, 0.3) is 0 Å². The normalized spacial score (nSPS) is 21.7. The first-order chi connectivity index (χ1) is 10.8. The van der Waals surface area contributed by atoms with Crippen molar-refractivity contribution in [2.45, 2.75) is 107 Å². The lowest BCUT2D eigenvalue weighted by Gasteiger charge is -2.29. The van der Waals surface area contributed by atoms with Crippen molar-refractivity contribution in [2.24, 2.45) is 0 Å². The van der Waals surface area contributed by atoms with Crippen molar-refractivity contribution < 1.29 is 9.53 Å². The molecule has 2 nitrogen and oxygen atoms in total. The van der Waals surface area contributed by atoms with E-state index in [2.05, 4.69) is 23.4 Å². The van der Waals surface area contributed by atoms with Crippen LogP contribution < -0.4 is 0 Å². The highest BCUT2D eigenvalue weighted by molar-refractivity contribution is 8.00. The number of hydrogen-bond acceptors (Lipinski definition) is 3. The number of unbranched alkanes of at least 4 members (excludes halogenated alkanes) is 6. The smallest absolute Gasteiger partial charge is 0.305 e. The van der Waals surface area contributed by atoms with Crippen LogP contribution in [0, 0.1) is 0 Å². The minimum atomic E-state index is -0.0623. The predicted molar refractivity (Wildman–Crippen MR) is 97.5 cm³/mol. The molecule has 1 saturated heterocycles. The Morgan fingerprint density at radius 3 is 2.18 bits per heavy atom. The quantitative estimate of drug-likeness (QED) is 0.318. The van der Waals surface area contributed by atoms with Crippen LogP contribution in [0.5, 0.6) is 0 Å². The molecule has 1 heterocycles. The second-order valence-electron chi connectivity index (χ2n) is 6.69. The van der Waals surface area contributed by atoms with E-state index in [1.165, 1.54) is 84.2 Å². The number of hydrogen-bond donors (Lipinski definition) is 0. The molecule has 1 aliphatic heterocycles. The van der Waals surface area contributed by atoms with Crippen molar-refractivity contribution in [3.05, 3.63) is 0 Å². The largest absolute Gasteiger partial charge is 0.469 e. The second-order valence-corrected chi connectivity index (χ2v) is 8.29. The molecule has 22 heavy (non-hydrogen) atoms. The fourth-order valence-corrected chi connectivity index (χ4v) is 5.06. The van der Waals surface area contributed by atoms with E-state index in [1.807, 2.05) is 0 Å². The van der Waals surface area contributed by atoms with Crippen LogP contribution in [-0.4, -0.2) is 23.6 Å². The van der Waals surface area contributed by atoms with Crippen molar-refractivity contribution in [2.75, 3.05) is 7.11 Å². The summed E-state index contributed by atoms with van der Waals surface area (Å²) >= 11 is 2.30. The zero-order valence-electron chi connectivity index (χ0n) is 14.8. The van der Waals surface area contributed by atoms with Gasteiger partial charge in [-0.25, -0.2) is 0 Å². The van der Waals surface area contributed by atoms with Gasteiger partial charge < -0.3 is 4.74 Å². The first-order valence-electron chi connectivity index (χ1n) is 9.48. The summed E-state index contributed by atoms with van der Waals surface area (Å²) in [4.78, 5) is 11.0. The van der Waals surface area contributed by atoms with Gasteiger partial charge >= 0.3 is 5.97 Å². The molecular formula is C19H36O2S. The predicted octanol–water partition coefficient (Wildman–Crippen LogP) is 6.12. The van der Waals surface area contributed by atoms with Crippen LogP contribution in [0.1, 0.15) is 96.8 Å². The van der Waals surface area contributed by atoms with E-state index >= 15 is 0 Å². The molecule has 0 aromatic rings. The molecule has 0 radical (unpaired) electrons. The Labute approximate surface area is 142 Å². The van der Waals surface area contributed by atoms with Crippen LogP contribution in [-0.2, 0) is 9.53 Å². The molecule has 0 amide bonds. The summed E-state index contributed by atoms with van der Waals surface area (Å²) < 4.78 is 4.66. The topological polar surface area (TPSA) is 26.3 Å². The highest BCUT2D eigenvalue weighted by Crippen LogP contribution is 2.37. The van der Waals surface area contributed by atoms with Crippen LogP contribution in [0.3, 0.4) is 0 Å². The summed E-state index contributed by atoms with van der Waals surface area (Å²) in [5, 5.41) is 1.88. The summed E-state index contributed by atoms with van der Waals surface area (Å²) in [5.74, 6) is -0.0623. The average Bonchev–Trinajstić information content (AvgIpc) is 2.54. The van der Waals surface area contributed by atoms with Gasteiger partial charge in [-0.15, -0.1) is 0 Å². The number of thioether (sulfide) groups is 1. The Morgan fingerprint density at radius 1 is 0.955 bits per heavy atom. The minimum absolute atomic E-state index is 0.0623. The van der Waals surface area contributed by atoms with Gasteiger partial charge in [0, 0.05) is 16.9 Å². The zero-order chi connectivity index (χ0) is 16.0. The number of rotatable bonds is 12. The van der Waals surface area contributed by atoms with Gasteiger partial charge in [0.1, 0.15) is 0 Å². The van der Waals surface area contributed by atoms with E-state index in [-0.39, 0.29) is 5.97 Å². The van der Waals surface area contributed by atoms with Crippen LogP contribution in [0.15, 0.2) is 0 Å². The summed E-state index contributed by atoms with van der Waals surface area (Å²) in [7, 11) is 1.47. The van der Waals surface area contributed by atoms with Crippen molar-refractivity contribution in [3.8, 4) is 0 Å². The van der Waals surface area contributed by atoms with Gasteiger partial charge in [-0.05, 0) is 32.1 Å². The van der Waals surface area contributed by atoms with E-state index < -0.39 is 0 Å². The van der Waals surface area contributed by atoms with Gasteiger partial charge in [-0.1, -0.05) is 58.3 Å². The Bertz CT molecular complexity index is 281. The number of methoxy groups -OCH3 is 1. The third-order valence-corrected chi connectivity index (χ3v) is 6.41. The monoisotopic (exact) mass is 328 g/mol. The first-order valence-corrected chi connectivity index (χ1v) is 10.4. The maximum absolute atomic E-state index is 11.0. The SMILES string of the molecule is CCCCCC1CCCC(CCCCCCCC(=O)OC)S1. The van der Waals surface area contributed by atoms with Gasteiger partial charge in [0.05, 0.1) is 7.11 Å². The maximum atomic E-state index is 11.0. The fourth-order valence-electron chi connectivity index (χ4n) is 3.30. The van der Waals surface area contributed by atoms with Gasteiger partial charge in [-0.2, -0.15) is 11.8 Å². The van der Waals surface area contributed by atoms with E-state index in [9.17, 15) is 4.79 Å². The minimum Gasteiger partial charge on any atom is -0.469 e. The zero-order valence-corrected chi connectivity index (χ0v) is 15.6. The molecular weight excluding hydrogens is 292 g/mol. The van der Waals surface area contributed by atoms with Crippen molar-refractivity contribution in [1.29, 1.82) is 0 Å². The molecule has 2 unspecified atom stereocenters. The lowest BCUT2D eigenvalue weighted by atomic mass is 10.0. The molecule has 0 bridgehead atoms. The average molecular weight is 329 g/mol. The molecule has 130 valence electrons. The standard InChI is InChI=1S/C19H36O2S/c1-3-4-8-12-17-14-11-15-18(22-17)13-9-6-5-7-10-16-19(20)21-2/h17-18H,3-16H2,1-2H3. The Balaban J connectivity index is 1.96. The molecule has 1 fully saturated rings. The third kappa shape index (κ3) is 9.76. The molecule has 0 N–H and O–H groups in total. The van der Waals surface area contributed by atoms with E-state index in [0.29, 0.717) is 6.42 Å². The van der Waals surface area contributed by atoms with Crippen molar-refractivity contribution >= 4 is 17.7 Å². The highest BCUT2D eigenvalue weighted by atomic mass is 32.2.